The first-order valence-corrected chi connectivity index (χ1v) is 7.55. The molecule has 124 valence electrons. The molecule has 0 saturated carbocycles. The standard InChI is InChI=1S/C17H14N6O2/c1-25-16-6-5-12(10-19-16)20-17-21-15-11-18-7-8-23(15,22-17)13-3-2-4-14(24)9-13/h2-11H,1H3,(H-,20,22,24)/p+1. The molecule has 1 unspecified atom stereocenters. The Hall–Kier alpha value is -3.52. The van der Waals surface area contributed by atoms with Gasteiger partial charge in [0, 0.05) is 18.2 Å². The minimum Gasteiger partial charge on any atom is -0.508 e. The Morgan fingerprint density at radius 2 is 2.12 bits per heavy atom. The summed E-state index contributed by atoms with van der Waals surface area (Å²) in [5.41, 5.74) is 1.49. The molecular formula is C17H15N6O2+. The van der Waals surface area contributed by atoms with E-state index in [0.717, 1.165) is 11.4 Å². The van der Waals surface area contributed by atoms with Crippen LogP contribution in [0, 0.1) is 0 Å². The Bertz CT molecular complexity index is 932. The van der Waals surface area contributed by atoms with Crippen LogP contribution in [0.3, 0.4) is 0 Å². The third-order valence-electron chi connectivity index (χ3n) is 3.81. The zero-order valence-corrected chi connectivity index (χ0v) is 13.4. The summed E-state index contributed by atoms with van der Waals surface area (Å²) in [6.07, 6.45) is 6.75. The number of guanidine groups is 1. The van der Waals surface area contributed by atoms with Crippen molar-refractivity contribution < 1.29 is 9.84 Å². The number of aromatic hydroxyl groups is 1. The SMILES string of the molecule is COc1ccc(NC2=N[N+]3(c4cccc(O)c4)C=CN=CC3=N2)cn1. The average molecular weight is 335 g/mol. The van der Waals surface area contributed by atoms with Crippen LogP contribution in [0.1, 0.15) is 0 Å². The van der Waals surface area contributed by atoms with E-state index in [1.807, 2.05) is 12.1 Å². The number of phenols is 1. The van der Waals surface area contributed by atoms with Gasteiger partial charge in [-0.05, 0) is 17.2 Å². The number of phenolic OH excluding ortho intramolecular Hbond substituents is 1. The lowest BCUT2D eigenvalue weighted by Crippen LogP contribution is -2.44. The summed E-state index contributed by atoms with van der Waals surface area (Å²) in [7, 11) is 1.56. The molecule has 4 rings (SSSR count). The molecule has 0 saturated heterocycles. The molecule has 2 aliphatic rings. The predicted molar refractivity (Wildman–Crippen MR) is 96.8 cm³/mol. The number of methoxy groups -OCH3 is 1. The topological polar surface area (TPSA) is 91.5 Å². The molecule has 2 N–H and O–H groups in total. The van der Waals surface area contributed by atoms with Gasteiger partial charge in [0.15, 0.2) is 11.9 Å². The van der Waals surface area contributed by atoms with Gasteiger partial charge < -0.3 is 15.2 Å². The fourth-order valence-corrected chi connectivity index (χ4v) is 2.62. The minimum atomic E-state index is 0.00379. The van der Waals surface area contributed by atoms with Gasteiger partial charge in [0.25, 0.3) is 11.8 Å². The number of aliphatic imine (C=N–C) groups is 2. The molecule has 1 aromatic carbocycles. The second kappa shape index (κ2) is 5.84. The van der Waals surface area contributed by atoms with Crippen molar-refractivity contribution in [3.05, 3.63) is 55.0 Å². The molecule has 3 heterocycles. The Labute approximate surface area is 143 Å². The largest absolute Gasteiger partial charge is 0.508 e. The minimum absolute atomic E-state index is 0.00379. The van der Waals surface area contributed by atoms with Crippen LogP contribution in [0.5, 0.6) is 11.6 Å². The van der Waals surface area contributed by atoms with Gasteiger partial charge in [-0.2, -0.15) is 4.99 Å². The van der Waals surface area contributed by atoms with E-state index >= 15 is 0 Å². The number of pyridine rings is 1. The lowest BCUT2D eigenvalue weighted by atomic mass is 10.2. The van der Waals surface area contributed by atoms with Crippen LogP contribution in [0.4, 0.5) is 11.4 Å². The predicted octanol–water partition coefficient (Wildman–Crippen LogP) is 2.45. The summed E-state index contributed by atoms with van der Waals surface area (Å²) in [4.78, 5) is 12.8. The van der Waals surface area contributed by atoms with Crippen molar-refractivity contribution in [1.29, 1.82) is 0 Å². The number of nitrogens with zero attached hydrogens (tertiary/aromatic N) is 5. The van der Waals surface area contributed by atoms with Crippen molar-refractivity contribution in [1.82, 2.24) is 9.58 Å². The molecule has 2 aliphatic heterocycles. The van der Waals surface area contributed by atoms with E-state index in [1.54, 1.807) is 56.2 Å². The zero-order chi connectivity index (χ0) is 17.3. The van der Waals surface area contributed by atoms with Crippen molar-refractivity contribution in [2.24, 2.45) is 15.1 Å². The van der Waals surface area contributed by atoms with E-state index in [4.69, 9.17) is 4.74 Å². The normalized spacial score (nSPS) is 20.7. The summed E-state index contributed by atoms with van der Waals surface area (Å²) >= 11 is 0. The first-order chi connectivity index (χ1) is 12.2. The van der Waals surface area contributed by atoms with Crippen LogP contribution in [0.25, 0.3) is 0 Å². The summed E-state index contributed by atoms with van der Waals surface area (Å²) < 4.78 is 5.06. The van der Waals surface area contributed by atoms with Crippen LogP contribution in [0.15, 0.2) is 70.1 Å². The summed E-state index contributed by atoms with van der Waals surface area (Å²) in [5, 5.41) is 17.6. The lowest BCUT2D eigenvalue weighted by Gasteiger charge is -2.23. The molecule has 0 radical (unpaired) electrons. The molecule has 2 aromatic rings. The fraction of sp³-hybridized carbons (Fsp3) is 0.0588. The molecule has 0 amide bonds. The molecule has 0 spiro atoms. The number of hydrogen-bond donors (Lipinski definition) is 2. The quantitative estimate of drug-likeness (QED) is 0.843. The van der Waals surface area contributed by atoms with Crippen LogP contribution in [-0.4, -0.2) is 35.2 Å². The van der Waals surface area contributed by atoms with Crippen molar-refractivity contribution in [3.63, 3.8) is 0 Å². The van der Waals surface area contributed by atoms with Crippen LogP contribution in [0.2, 0.25) is 0 Å². The number of rotatable bonds is 3. The van der Waals surface area contributed by atoms with E-state index in [2.05, 4.69) is 25.4 Å². The zero-order valence-electron chi connectivity index (χ0n) is 13.4. The molecule has 8 heteroatoms. The van der Waals surface area contributed by atoms with Crippen molar-refractivity contribution >= 4 is 29.4 Å². The maximum Gasteiger partial charge on any atom is 0.287 e. The van der Waals surface area contributed by atoms with Gasteiger partial charge in [0.05, 0.1) is 25.2 Å². The highest BCUT2D eigenvalue weighted by Crippen LogP contribution is 2.33. The number of fused-ring (bicyclic) bond motifs is 1. The highest BCUT2D eigenvalue weighted by atomic mass is 16.5. The first kappa shape index (κ1) is 15.0. The second-order valence-electron chi connectivity index (χ2n) is 5.39. The molecule has 0 bridgehead atoms. The number of nitrogens with one attached hydrogen (secondary N) is 1. The van der Waals surface area contributed by atoms with Crippen LogP contribution >= 0.6 is 0 Å². The molecule has 0 aliphatic carbocycles. The molecular weight excluding hydrogens is 320 g/mol. The molecule has 8 nitrogen and oxygen atoms in total. The van der Waals surface area contributed by atoms with Gasteiger partial charge in [-0.3, -0.25) is 4.99 Å². The lowest BCUT2D eigenvalue weighted by molar-refractivity contribution is 0.398. The van der Waals surface area contributed by atoms with Crippen LogP contribution < -0.4 is 14.6 Å². The Kier molecular flexibility index (Phi) is 3.51. The fourth-order valence-electron chi connectivity index (χ4n) is 2.62. The molecule has 1 atom stereocenters. The number of anilines is 1. The monoisotopic (exact) mass is 335 g/mol. The Morgan fingerprint density at radius 1 is 1.20 bits per heavy atom. The van der Waals surface area contributed by atoms with Gasteiger partial charge in [-0.25, -0.2) is 4.98 Å². The Balaban J connectivity index is 1.70. The maximum absolute atomic E-state index is 9.82. The summed E-state index contributed by atoms with van der Waals surface area (Å²) in [5.74, 6) is 1.73. The molecule has 1 aromatic heterocycles. The van der Waals surface area contributed by atoms with Crippen molar-refractivity contribution in [3.8, 4) is 11.6 Å². The molecule has 0 fully saturated rings. The van der Waals surface area contributed by atoms with E-state index < -0.39 is 0 Å². The van der Waals surface area contributed by atoms with E-state index in [-0.39, 0.29) is 10.3 Å². The van der Waals surface area contributed by atoms with Gasteiger partial charge >= 0.3 is 0 Å². The third-order valence-corrected chi connectivity index (χ3v) is 3.81. The average Bonchev–Trinajstić information content (AvgIpc) is 3.01. The van der Waals surface area contributed by atoms with Gasteiger partial charge in [0.2, 0.25) is 5.88 Å². The highest BCUT2D eigenvalue weighted by Gasteiger charge is 2.42. The maximum atomic E-state index is 9.82. The third kappa shape index (κ3) is 2.64. The first-order valence-electron chi connectivity index (χ1n) is 7.55. The smallest absolute Gasteiger partial charge is 0.287 e. The second-order valence-corrected chi connectivity index (χ2v) is 5.39. The van der Waals surface area contributed by atoms with Crippen LogP contribution in [-0.2, 0) is 0 Å². The number of ether oxygens (including phenoxy) is 1. The van der Waals surface area contributed by atoms with Gasteiger partial charge in [0.1, 0.15) is 12.0 Å². The number of hydrogen-bond acceptors (Lipinski definition) is 7. The van der Waals surface area contributed by atoms with Gasteiger partial charge in [-0.15, -0.1) is 0 Å². The summed E-state index contributed by atoms with van der Waals surface area (Å²) in [6, 6.07) is 10.5. The van der Waals surface area contributed by atoms with Gasteiger partial charge in [-0.1, -0.05) is 10.7 Å². The number of benzene rings is 1. The van der Waals surface area contributed by atoms with E-state index in [1.165, 1.54) is 0 Å². The number of amidine groups is 1. The number of aromatic nitrogens is 1. The molecule has 25 heavy (non-hydrogen) atoms. The summed E-state index contributed by atoms with van der Waals surface area (Å²) in [6.45, 7) is 0. The van der Waals surface area contributed by atoms with Crippen molar-refractivity contribution in [2.45, 2.75) is 0 Å². The highest BCUT2D eigenvalue weighted by molar-refractivity contribution is 6.38. The van der Waals surface area contributed by atoms with E-state index in [9.17, 15) is 5.11 Å². The Morgan fingerprint density at radius 3 is 2.88 bits per heavy atom. The number of quaternary nitrogens is 1. The van der Waals surface area contributed by atoms with Crippen molar-refractivity contribution in [2.75, 3.05) is 12.4 Å². The van der Waals surface area contributed by atoms with E-state index in [0.29, 0.717) is 17.7 Å².